The highest BCUT2D eigenvalue weighted by Crippen LogP contribution is 2.33. The monoisotopic (exact) mass is 593 g/mol. The van der Waals surface area contributed by atoms with Crippen LogP contribution in [0.5, 0.6) is 11.5 Å². The molecule has 10 heteroatoms. The van der Waals surface area contributed by atoms with Gasteiger partial charge in [-0.15, -0.1) is 0 Å². The van der Waals surface area contributed by atoms with Crippen molar-refractivity contribution in [2.24, 2.45) is 0 Å². The maximum Gasteiger partial charge on any atom is 0.410 e. The number of amides is 2. The molecule has 0 bridgehead atoms. The van der Waals surface area contributed by atoms with Gasteiger partial charge in [-0.25, -0.2) is 4.79 Å². The number of piperazine rings is 1. The summed E-state index contributed by atoms with van der Waals surface area (Å²) >= 11 is 0. The highest BCUT2D eigenvalue weighted by Gasteiger charge is 2.31. The Labute approximate surface area is 254 Å². The minimum atomic E-state index is -0.422. The number of aromatic hydroxyl groups is 1. The van der Waals surface area contributed by atoms with Crippen molar-refractivity contribution in [2.75, 3.05) is 39.9 Å². The zero-order valence-corrected chi connectivity index (χ0v) is 25.9. The molecule has 2 amide bonds. The van der Waals surface area contributed by atoms with Crippen molar-refractivity contribution in [3.05, 3.63) is 83.2 Å². The third-order valence-electron chi connectivity index (χ3n) is 8.17. The molecule has 1 N–H and O–H groups in total. The molecule has 43 heavy (non-hydrogen) atoms. The van der Waals surface area contributed by atoms with Gasteiger partial charge in [-0.3, -0.25) is 9.69 Å². The van der Waals surface area contributed by atoms with E-state index in [1.807, 2.05) is 12.1 Å². The average Bonchev–Trinajstić information content (AvgIpc) is 3.58. The van der Waals surface area contributed by atoms with E-state index >= 15 is 0 Å². The Morgan fingerprint density at radius 2 is 1.63 bits per heavy atom. The molecule has 0 atom stereocenters. The lowest BCUT2D eigenvalue weighted by Crippen LogP contribution is -2.50. The topological polar surface area (TPSA) is 101 Å². The molecule has 3 aliphatic rings. The molecule has 2 aromatic carbocycles. The molecule has 232 valence electrons. The van der Waals surface area contributed by atoms with E-state index in [4.69, 9.17) is 18.9 Å². The summed E-state index contributed by atoms with van der Waals surface area (Å²) in [6, 6.07) is 14.3. The smallest absolute Gasteiger partial charge is 0.410 e. The number of hydrogen-bond donors (Lipinski definition) is 1. The number of methoxy groups -OCH3 is 1. The molecule has 3 aliphatic heterocycles. The van der Waals surface area contributed by atoms with Crippen LogP contribution in [0.2, 0.25) is 0 Å². The van der Waals surface area contributed by atoms with Gasteiger partial charge in [0.15, 0.2) is 23.9 Å². The van der Waals surface area contributed by atoms with Crippen molar-refractivity contribution < 1.29 is 33.6 Å². The molecule has 10 nitrogen and oxygen atoms in total. The Kier molecular flexibility index (Phi) is 10.2. The lowest BCUT2D eigenvalue weighted by Gasteiger charge is -2.35. The molecule has 0 aliphatic carbocycles. The summed E-state index contributed by atoms with van der Waals surface area (Å²) in [5.74, 6) is 1.95. The number of carbonyl (C=O) groups excluding carboxylic acids is 2. The molecule has 0 unspecified atom stereocenters. The number of rotatable bonds is 7. The first-order valence-electron chi connectivity index (χ1n) is 14.6. The molecule has 5 rings (SSSR count). The zero-order valence-electron chi connectivity index (χ0n) is 25.9. The Bertz CT molecular complexity index is 1340. The van der Waals surface area contributed by atoms with Crippen LogP contribution in [0.1, 0.15) is 50.8 Å². The minimum absolute atomic E-state index is 0.0105. The number of carbonyl (C=O) groups is 2. The van der Waals surface area contributed by atoms with E-state index in [2.05, 4.69) is 49.6 Å². The van der Waals surface area contributed by atoms with E-state index in [-0.39, 0.29) is 29.7 Å². The maximum atomic E-state index is 11.9. The van der Waals surface area contributed by atoms with Crippen LogP contribution in [0.25, 0.3) is 0 Å². The number of nitrogens with zero attached hydrogens (tertiary/aromatic N) is 3. The van der Waals surface area contributed by atoms with Crippen LogP contribution >= 0.6 is 0 Å². The van der Waals surface area contributed by atoms with Gasteiger partial charge in [-0.1, -0.05) is 30.3 Å². The van der Waals surface area contributed by atoms with E-state index in [1.165, 1.54) is 23.6 Å². The second-order valence-corrected chi connectivity index (χ2v) is 11.5. The third kappa shape index (κ3) is 8.22. The third-order valence-corrected chi connectivity index (χ3v) is 8.17. The Hall–Kier alpha value is -4.18. The summed E-state index contributed by atoms with van der Waals surface area (Å²) in [4.78, 5) is 28.9. The highest BCUT2D eigenvalue weighted by atomic mass is 16.7. The van der Waals surface area contributed by atoms with Crippen LogP contribution in [-0.4, -0.2) is 77.2 Å². The number of benzene rings is 2. The standard InChI is InChI=1S/C20H25NO2.C13H18N2O5/c1-20(2,21-13-16-6-4-5-7-17(16)14-21)11-10-15-8-9-18(22)19(12-15)23-3;1-9-12(20-11(3)19-9)8-18-13(17)15-6-4-14(5-7-15)10(2)16/h4-9,12,22H,10-11,13-14H2,1-3H3;3-8H2,1-2H3. The van der Waals surface area contributed by atoms with E-state index < -0.39 is 6.09 Å². The van der Waals surface area contributed by atoms with Gasteiger partial charge in [-0.05, 0) is 69.0 Å². The quantitative estimate of drug-likeness (QED) is 0.470. The molecule has 0 spiro atoms. The van der Waals surface area contributed by atoms with Crippen LogP contribution in [0.15, 0.2) is 66.5 Å². The number of hydrogen-bond acceptors (Lipinski definition) is 8. The zero-order chi connectivity index (χ0) is 31.1. The molecular formula is C33H43N3O7. The van der Waals surface area contributed by atoms with Crippen molar-refractivity contribution in [3.8, 4) is 11.5 Å². The second-order valence-electron chi connectivity index (χ2n) is 11.5. The van der Waals surface area contributed by atoms with Gasteiger partial charge in [0.1, 0.15) is 5.76 Å². The lowest BCUT2D eigenvalue weighted by molar-refractivity contribution is -0.130. The van der Waals surface area contributed by atoms with E-state index in [9.17, 15) is 14.7 Å². The Balaban J connectivity index is 0.000000199. The Morgan fingerprint density at radius 1 is 1.00 bits per heavy atom. The van der Waals surface area contributed by atoms with Crippen molar-refractivity contribution in [2.45, 2.75) is 59.2 Å². The number of phenols is 1. The van der Waals surface area contributed by atoms with Crippen LogP contribution in [0.3, 0.4) is 0 Å². The van der Waals surface area contributed by atoms with Crippen LogP contribution in [0.4, 0.5) is 4.79 Å². The van der Waals surface area contributed by atoms with E-state index in [0.717, 1.165) is 25.9 Å². The van der Waals surface area contributed by atoms with Gasteiger partial charge < -0.3 is 33.9 Å². The highest BCUT2D eigenvalue weighted by molar-refractivity contribution is 5.74. The van der Waals surface area contributed by atoms with Crippen LogP contribution < -0.4 is 4.74 Å². The molecular weight excluding hydrogens is 550 g/mol. The van der Waals surface area contributed by atoms with Gasteiger partial charge >= 0.3 is 6.09 Å². The van der Waals surface area contributed by atoms with Gasteiger partial charge in [0.05, 0.1) is 7.11 Å². The predicted octanol–water partition coefficient (Wildman–Crippen LogP) is 5.16. The lowest BCUT2D eigenvalue weighted by atomic mass is 9.93. The van der Waals surface area contributed by atoms with Gasteiger partial charge in [0.2, 0.25) is 5.91 Å². The summed E-state index contributed by atoms with van der Waals surface area (Å²) in [6.07, 6.45) is 1.61. The van der Waals surface area contributed by atoms with Crippen LogP contribution in [-0.2, 0) is 38.5 Å². The number of ether oxygens (including phenoxy) is 4. The van der Waals surface area contributed by atoms with Crippen LogP contribution in [0, 0.1) is 0 Å². The minimum Gasteiger partial charge on any atom is -0.504 e. The van der Waals surface area contributed by atoms with Gasteiger partial charge in [0.25, 0.3) is 5.95 Å². The summed E-state index contributed by atoms with van der Waals surface area (Å²) in [5.41, 5.74) is 4.23. The fourth-order valence-electron chi connectivity index (χ4n) is 5.26. The SMILES string of the molecule is C=C1OC(C)=C(COC(=O)N2CCN(C(C)=O)CC2)O1.COc1cc(CCC(C)(C)N2Cc3ccccc3C2)ccc1O. The second kappa shape index (κ2) is 13.9. The van der Waals surface area contributed by atoms with Gasteiger partial charge in [-0.2, -0.15) is 0 Å². The number of allylic oxidation sites excluding steroid dienone is 1. The summed E-state index contributed by atoms with van der Waals surface area (Å²) in [7, 11) is 1.59. The Morgan fingerprint density at radius 3 is 2.19 bits per heavy atom. The van der Waals surface area contributed by atoms with E-state index in [1.54, 1.807) is 29.9 Å². The summed E-state index contributed by atoms with van der Waals surface area (Å²) < 4.78 is 20.6. The fraction of sp³-hybridized carbons (Fsp3) is 0.455. The molecule has 0 aromatic heterocycles. The number of aryl methyl sites for hydroxylation is 1. The molecule has 1 fully saturated rings. The normalized spacial score (nSPS) is 16.6. The average molecular weight is 594 g/mol. The van der Waals surface area contributed by atoms with Gasteiger partial charge in [0, 0.05) is 51.7 Å². The maximum absolute atomic E-state index is 11.9. The molecule has 0 saturated carbocycles. The number of phenolic OH excluding ortho intramolecular Hbond substituents is 1. The summed E-state index contributed by atoms with van der Waals surface area (Å²) in [6.45, 7) is 15.5. The van der Waals surface area contributed by atoms with Crippen molar-refractivity contribution in [3.63, 3.8) is 0 Å². The fourth-order valence-corrected chi connectivity index (χ4v) is 5.26. The predicted molar refractivity (Wildman–Crippen MR) is 162 cm³/mol. The van der Waals surface area contributed by atoms with Crippen molar-refractivity contribution in [1.29, 1.82) is 0 Å². The molecule has 1 saturated heterocycles. The molecule has 3 heterocycles. The first kappa shape index (κ1) is 31.7. The largest absolute Gasteiger partial charge is 0.504 e. The van der Waals surface area contributed by atoms with Crippen molar-refractivity contribution in [1.82, 2.24) is 14.7 Å². The first-order chi connectivity index (χ1) is 20.5. The van der Waals surface area contributed by atoms with Crippen molar-refractivity contribution >= 4 is 12.0 Å². The molecule has 2 aromatic rings. The summed E-state index contributed by atoms with van der Waals surface area (Å²) in [5, 5.41) is 9.70. The number of fused-ring (bicyclic) bond motifs is 1. The first-order valence-corrected chi connectivity index (χ1v) is 14.6. The molecule has 0 radical (unpaired) electrons. The van der Waals surface area contributed by atoms with E-state index in [0.29, 0.717) is 43.4 Å².